The van der Waals surface area contributed by atoms with Gasteiger partial charge in [0, 0.05) is 10.9 Å². The van der Waals surface area contributed by atoms with E-state index in [1.165, 1.54) is 24.5 Å². The van der Waals surface area contributed by atoms with Gasteiger partial charge in [0.15, 0.2) is 10.8 Å². The summed E-state index contributed by atoms with van der Waals surface area (Å²) in [6.45, 7) is 0. The summed E-state index contributed by atoms with van der Waals surface area (Å²) in [4.78, 5) is 13.9. The maximum absolute atomic E-state index is 14.3. The van der Waals surface area contributed by atoms with Crippen molar-refractivity contribution in [1.29, 1.82) is 0 Å². The van der Waals surface area contributed by atoms with Crippen molar-refractivity contribution < 1.29 is 19.0 Å². The summed E-state index contributed by atoms with van der Waals surface area (Å²) in [5, 5.41) is 10.9. The van der Waals surface area contributed by atoms with Crippen LogP contribution in [0.3, 0.4) is 0 Å². The monoisotopic (exact) mass is 451 g/mol. The zero-order valence-electron chi connectivity index (χ0n) is 15.2. The first-order valence-corrected chi connectivity index (χ1v) is 9.80. The van der Waals surface area contributed by atoms with E-state index < -0.39 is 5.97 Å². The fraction of sp³-hybridized carbons (Fsp3) is 0.0476. The van der Waals surface area contributed by atoms with Crippen molar-refractivity contribution >= 4 is 52.4 Å². The molecular weight excluding hydrogens is 436 g/mol. The number of aromatic nitrogens is 1. The van der Waals surface area contributed by atoms with Crippen molar-refractivity contribution in [3.63, 3.8) is 0 Å². The molecule has 0 atom stereocenters. The maximum Gasteiger partial charge on any atom is 0.331 e. The van der Waals surface area contributed by atoms with Crippen LogP contribution in [-0.4, -0.2) is 23.2 Å². The number of carboxylic acid groups (broad SMARTS) is 1. The van der Waals surface area contributed by atoms with Gasteiger partial charge in [-0.25, -0.2) is 14.2 Å². The van der Waals surface area contributed by atoms with Crippen molar-refractivity contribution in [2.75, 3.05) is 7.11 Å². The number of nitrogens with zero attached hydrogens (tertiary/aromatic N) is 1. The molecular formula is C21H16Cl2FNO3S. The van der Waals surface area contributed by atoms with Gasteiger partial charge in [-0.15, -0.1) is 11.3 Å². The van der Waals surface area contributed by atoms with Gasteiger partial charge in [-0.3, -0.25) is 0 Å². The lowest BCUT2D eigenvalue weighted by Gasteiger charge is -1.99. The first-order chi connectivity index (χ1) is 13.9. The second-order valence-corrected chi connectivity index (χ2v) is 7.12. The highest BCUT2D eigenvalue weighted by Gasteiger charge is 2.10. The molecule has 0 aliphatic heterocycles. The van der Waals surface area contributed by atoms with Crippen molar-refractivity contribution in [3.05, 3.63) is 86.9 Å². The summed E-state index contributed by atoms with van der Waals surface area (Å²) in [5.74, 6) is -1.36. The van der Waals surface area contributed by atoms with Gasteiger partial charge >= 0.3 is 5.97 Å². The summed E-state index contributed by atoms with van der Waals surface area (Å²) < 4.78 is 18.5. The third-order valence-electron chi connectivity index (χ3n) is 3.36. The molecule has 2 aromatic carbocycles. The van der Waals surface area contributed by atoms with Gasteiger partial charge in [0.1, 0.15) is 0 Å². The van der Waals surface area contributed by atoms with Crippen LogP contribution in [0.15, 0.2) is 66.2 Å². The average molecular weight is 452 g/mol. The molecule has 0 amide bonds. The van der Waals surface area contributed by atoms with Crippen LogP contribution in [0.25, 0.3) is 23.2 Å². The Bertz CT molecular complexity index is 1020. The molecule has 1 heterocycles. The third-order valence-corrected chi connectivity index (χ3v) is 4.95. The number of aliphatic carboxylic acids is 1. The van der Waals surface area contributed by atoms with Gasteiger partial charge in [-0.05, 0) is 23.8 Å². The van der Waals surface area contributed by atoms with Crippen LogP contribution in [0, 0.1) is 0 Å². The molecule has 0 unspecified atom stereocenters. The Morgan fingerprint density at radius 1 is 1.17 bits per heavy atom. The molecule has 0 aliphatic rings. The van der Waals surface area contributed by atoms with Gasteiger partial charge < -0.3 is 9.84 Å². The molecule has 0 fully saturated rings. The minimum atomic E-state index is -0.998. The van der Waals surface area contributed by atoms with Crippen LogP contribution in [0.2, 0.25) is 10.0 Å². The Hall–Kier alpha value is -2.67. The van der Waals surface area contributed by atoms with E-state index >= 15 is 0 Å². The summed E-state index contributed by atoms with van der Waals surface area (Å²) in [6.07, 6.45) is 3.49. The van der Waals surface area contributed by atoms with Crippen LogP contribution < -0.4 is 0 Å². The standard InChI is InChI=1S/C17H10Cl2FNS.C4H6O3/c18-13-7-6-12(9-14(13)19)16-10-22-17(21-16)15(20)8-11-4-2-1-3-5-11;1-7-3-2-4(5)6/h1-10H;2-3H,1H3,(H,5,6). The number of benzene rings is 2. The van der Waals surface area contributed by atoms with Crippen LogP contribution >= 0.6 is 34.5 Å². The second-order valence-electron chi connectivity index (χ2n) is 5.45. The molecule has 1 aromatic heterocycles. The molecule has 8 heteroatoms. The fourth-order valence-corrected chi connectivity index (χ4v) is 3.09. The minimum Gasteiger partial charge on any atom is -0.504 e. The SMILES string of the molecule is COC=CC(=O)O.FC(=Cc1ccccc1)c1nc(-c2ccc(Cl)c(Cl)c2)cs1. The molecule has 0 saturated carbocycles. The third kappa shape index (κ3) is 7.34. The Kier molecular flexibility index (Phi) is 8.86. The molecule has 4 nitrogen and oxygen atoms in total. The average Bonchev–Trinajstić information content (AvgIpc) is 3.20. The number of carboxylic acids is 1. The quantitative estimate of drug-likeness (QED) is 0.341. The molecule has 0 radical (unpaired) electrons. The Morgan fingerprint density at radius 2 is 1.90 bits per heavy atom. The molecule has 0 bridgehead atoms. The molecule has 0 aliphatic carbocycles. The van der Waals surface area contributed by atoms with E-state index in [0.717, 1.165) is 23.5 Å². The number of rotatable bonds is 5. The molecule has 0 saturated heterocycles. The normalized spacial score (nSPS) is 11.1. The van der Waals surface area contributed by atoms with E-state index in [1.54, 1.807) is 17.5 Å². The van der Waals surface area contributed by atoms with Crippen LogP contribution in [0.1, 0.15) is 10.6 Å². The van der Waals surface area contributed by atoms with Gasteiger partial charge in [0.05, 0.1) is 35.2 Å². The highest BCUT2D eigenvalue weighted by atomic mass is 35.5. The Labute approximate surface area is 181 Å². The predicted octanol–water partition coefficient (Wildman–Crippen LogP) is 6.82. The van der Waals surface area contributed by atoms with E-state index in [1.807, 2.05) is 36.4 Å². The lowest BCUT2D eigenvalue weighted by Crippen LogP contribution is -1.85. The second kappa shape index (κ2) is 11.4. The number of ether oxygens (including phenoxy) is 1. The lowest BCUT2D eigenvalue weighted by molar-refractivity contribution is -0.131. The Morgan fingerprint density at radius 3 is 2.48 bits per heavy atom. The topological polar surface area (TPSA) is 59.4 Å². The first-order valence-electron chi connectivity index (χ1n) is 8.16. The number of hydrogen-bond acceptors (Lipinski definition) is 4. The summed E-state index contributed by atoms with van der Waals surface area (Å²) in [7, 11) is 1.39. The number of methoxy groups -OCH3 is 1. The Balaban J connectivity index is 0.000000370. The highest BCUT2D eigenvalue weighted by molar-refractivity contribution is 7.11. The smallest absolute Gasteiger partial charge is 0.331 e. The van der Waals surface area contributed by atoms with Gasteiger partial charge in [-0.1, -0.05) is 59.6 Å². The summed E-state index contributed by atoms with van der Waals surface area (Å²) >= 11 is 13.1. The number of hydrogen-bond donors (Lipinski definition) is 1. The van der Waals surface area contributed by atoms with Gasteiger partial charge in [0.2, 0.25) is 0 Å². The zero-order chi connectivity index (χ0) is 21.2. The molecule has 150 valence electrons. The van der Waals surface area contributed by atoms with Crippen LogP contribution in [0.5, 0.6) is 0 Å². The van der Waals surface area contributed by atoms with Crippen molar-refractivity contribution in [2.24, 2.45) is 0 Å². The molecule has 3 rings (SSSR count). The molecule has 0 spiro atoms. The molecule has 1 N–H and O–H groups in total. The first kappa shape index (κ1) is 22.6. The maximum atomic E-state index is 14.3. The van der Waals surface area contributed by atoms with Gasteiger partial charge in [-0.2, -0.15) is 0 Å². The van der Waals surface area contributed by atoms with Crippen molar-refractivity contribution in [2.45, 2.75) is 0 Å². The largest absolute Gasteiger partial charge is 0.504 e. The van der Waals surface area contributed by atoms with E-state index in [-0.39, 0.29) is 5.83 Å². The van der Waals surface area contributed by atoms with E-state index in [2.05, 4.69) is 9.72 Å². The van der Waals surface area contributed by atoms with Gasteiger partial charge in [0.25, 0.3) is 0 Å². The zero-order valence-corrected chi connectivity index (χ0v) is 17.5. The van der Waals surface area contributed by atoms with Crippen molar-refractivity contribution in [1.82, 2.24) is 4.98 Å². The van der Waals surface area contributed by atoms with Crippen molar-refractivity contribution in [3.8, 4) is 11.3 Å². The van der Waals surface area contributed by atoms with Crippen LogP contribution in [0.4, 0.5) is 4.39 Å². The number of halogens is 3. The highest BCUT2D eigenvalue weighted by Crippen LogP contribution is 2.31. The van der Waals surface area contributed by atoms with Crippen LogP contribution in [-0.2, 0) is 9.53 Å². The lowest BCUT2D eigenvalue weighted by atomic mass is 10.2. The summed E-state index contributed by atoms with van der Waals surface area (Å²) in [5.41, 5.74) is 2.28. The number of carbonyl (C=O) groups is 1. The fourth-order valence-electron chi connectivity index (χ4n) is 2.06. The summed E-state index contributed by atoms with van der Waals surface area (Å²) in [6, 6.07) is 14.5. The van der Waals surface area contributed by atoms with E-state index in [4.69, 9.17) is 28.3 Å². The molecule has 29 heavy (non-hydrogen) atoms. The molecule has 3 aromatic rings. The predicted molar refractivity (Wildman–Crippen MR) is 117 cm³/mol. The van der Waals surface area contributed by atoms with E-state index in [0.29, 0.717) is 20.7 Å². The van der Waals surface area contributed by atoms with E-state index in [9.17, 15) is 9.18 Å². The minimum absolute atomic E-state index is 0.338. The number of thiazole rings is 1.